The number of halogens is 3. The molecule has 0 unspecified atom stereocenters. The second kappa shape index (κ2) is 8.96. The van der Waals surface area contributed by atoms with Crippen molar-refractivity contribution in [2.24, 2.45) is 0 Å². The van der Waals surface area contributed by atoms with Gasteiger partial charge in [-0.05, 0) is 30.2 Å². The van der Waals surface area contributed by atoms with E-state index in [1.54, 1.807) is 12.1 Å². The van der Waals surface area contributed by atoms with Gasteiger partial charge in [0.15, 0.2) is 5.76 Å². The van der Waals surface area contributed by atoms with Crippen LogP contribution in [0.25, 0.3) is 0 Å². The Bertz CT molecular complexity index is 735. The molecule has 3 rings (SSSR count). The minimum Gasteiger partial charge on any atom is -0.369 e. The van der Waals surface area contributed by atoms with Crippen LogP contribution in [-0.2, 0) is 12.7 Å². The molecule has 1 saturated heterocycles. The topological polar surface area (TPSA) is 44.5 Å². The quantitative estimate of drug-likeness (QED) is 0.723. The van der Waals surface area contributed by atoms with Crippen molar-refractivity contribution in [3.63, 3.8) is 0 Å². The van der Waals surface area contributed by atoms with Crippen molar-refractivity contribution in [2.45, 2.75) is 32.5 Å². The third kappa shape index (κ3) is 5.48. The van der Waals surface area contributed by atoms with Gasteiger partial charge in [-0.3, -0.25) is 4.90 Å². The molecule has 5 nitrogen and oxygen atoms in total. The van der Waals surface area contributed by atoms with E-state index in [1.807, 2.05) is 6.07 Å². The van der Waals surface area contributed by atoms with Gasteiger partial charge in [0.25, 0.3) is 0 Å². The van der Waals surface area contributed by atoms with Crippen molar-refractivity contribution < 1.29 is 17.7 Å². The number of hydrogen-bond donors (Lipinski definition) is 1. The average molecular weight is 396 g/mol. The molecule has 1 aromatic carbocycles. The molecule has 1 aromatic heterocycles. The minimum atomic E-state index is -4.29. The molecular weight excluding hydrogens is 369 g/mol. The SMILES string of the molecule is CC(C)c1cc(CNCCN2CCN(c3ccc(C(F)(F)F)cc3)CC2)on1. The summed E-state index contributed by atoms with van der Waals surface area (Å²) in [5.41, 5.74) is 1.21. The Balaban J connectivity index is 1.37. The first-order valence-corrected chi connectivity index (χ1v) is 9.63. The maximum Gasteiger partial charge on any atom is 0.416 e. The number of hydrogen-bond acceptors (Lipinski definition) is 5. The molecule has 0 atom stereocenters. The molecule has 1 N–H and O–H groups in total. The van der Waals surface area contributed by atoms with Gasteiger partial charge in [-0.15, -0.1) is 0 Å². The number of rotatable bonds is 7. The maximum atomic E-state index is 12.7. The third-order valence-electron chi connectivity index (χ3n) is 5.00. The summed E-state index contributed by atoms with van der Waals surface area (Å²) in [6.07, 6.45) is -4.29. The number of alkyl halides is 3. The van der Waals surface area contributed by atoms with Crippen molar-refractivity contribution in [1.29, 1.82) is 0 Å². The molecule has 0 bridgehead atoms. The summed E-state index contributed by atoms with van der Waals surface area (Å²) in [6.45, 7) is 10.00. The van der Waals surface area contributed by atoms with Gasteiger partial charge in [0, 0.05) is 51.0 Å². The van der Waals surface area contributed by atoms with Gasteiger partial charge >= 0.3 is 6.18 Å². The molecule has 1 aliphatic rings. The van der Waals surface area contributed by atoms with Gasteiger partial charge in [0.05, 0.1) is 17.8 Å². The molecule has 2 aromatic rings. The molecule has 154 valence electrons. The lowest BCUT2D eigenvalue weighted by Crippen LogP contribution is -2.48. The van der Waals surface area contributed by atoms with Gasteiger partial charge in [0.1, 0.15) is 0 Å². The molecule has 28 heavy (non-hydrogen) atoms. The van der Waals surface area contributed by atoms with Crippen molar-refractivity contribution in [1.82, 2.24) is 15.4 Å². The Labute approximate surface area is 163 Å². The Morgan fingerprint density at radius 2 is 1.79 bits per heavy atom. The summed E-state index contributed by atoms with van der Waals surface area (Å²) in [5.74, 6) is 1.20. The number of nitrogens with one attached hydrogen (secondary N) is 1. The molecule has 1 aliphatic heterocycles. The van der Waals surface area contributed by atoms with Crippen LogP contribution in [-0.4, -0.2) is 49.3 Å². The zero-order chi connectivity index (χ0) is 20.1. The monoisotopic (exact) mass is 396 g/mol. The fourth-order valence-electron chi connectivity index (χ4n) is 3.22. The van der Waals surface area contributed by atoms with Crippen molar-refractivity contribution >= 4 is 5.69 Å². The van der Waals surface area contributed by atoms with Crippen molar-refractivity contribution in [3.05, 3.63) is 47.3 Å². The second-order valence-corrected chi connectivity index (χ2v) is 7.42. The van der Waals surface area contributed by atoms with Crippen molar-refractivity contribution in [3.8, 4) is 0 Å². The van der Waals surface area contributed by atoms with Crippen LogP contribution < -0.4 is 10.2 Å². The molecule has 0 aliphatic carbocycles. The van der Waals surface area contributed by atoms with Crippen LogP contribution in [0.3, 0.4) is 0 Å². The Hall–Kier alpha value is -2.06. The van der Waals surface area contributed by atoms with Crippen LogP contribution >= 0.6 is 0 Å². The lowest BCUT2D eigenvalue weighted by atomic mass is 10.1. The van der Waals surface area contributed by atoms with Crippen LogP contribution in [0.1, 0.15) is 36.8 Å². The Kier molecular flexibility index (Phi) is 6.61. The van der Waals surface area contributed by atoms with E-state index in [-0.39, 0.29) is 0 Å². The Morgan fingerprint density at radius 3 is 2.36 bits per heavy atom. The number of nitrogens with zero attached hydrogens (tertiary/aromatic N) is 3. The zero-order valence-electron chi connectivity index (χ0n) is 16.3. The normalized spacial score (nSPS) is 16.1. The van der Waals surface area contributed by atoms with Crippen LogP contribution in [0.4, 0.5) is 18.9 Å². The summed E-state index contributed by atoms with van der Waals surface area (Å²) in [6, 6.07) is 7.41. The van der Waals surface area contributed by atoms with Gasteiger partial charge in [-0.2, -0.15) is 13.2 Å². The standard InChI is InChI=1S/C20H27F3N4O/c1-15(2)19-13-18(28-25-19)14-24-7-8-26-9-11-27(12-10-26)17-5-3-16(4-6-17)20(21,22)23/h3-6,13,15,24H,7-12,14H2,1-2H3. The maximum absolute atomic E-state index is 12.7. The summed E-state index contributed by atoms with van der Waals surface area (Å²) in [4.78, 5) is 4.49. The van der Waals surface area contributed by atoms with Crippen LogP contribution in [0.15, 0.2) is 34.9 Å². The molecule has 8 heteroatoms. The third-order valence-corrected chi connectivity index (χ3v) is 5.00. The fourth-order valence-corrected chi connectivity index (χ4v) is 3.22. The number of benzene rings is 1. The van der Waals surface area contributed by atoms with E-state index < -0.39 is 11.7 Å². The van der Waals surface area contributed by atoms with Crippen LogP contribution in [0.5, 0.6) is 0 Å². The first-order valence-electron chi connectivity index (χ1n) is 9.63. The van der Waals surface area contributed by atoms with E-state index in [2.05, 4.69) is 34.1 Å². The van der Waals surface area contributed by atoms with Crippen LogP contribution in [0, 0.1) is 0 Å². The smallest absolute Gasteiger partial charge is 0.369 e. The van der Waals surface area contributed by atoms with E-state index in [4.69, 9.17) is 4.52 Å². The highest BCUT2D eigenvalue weighted by Gasteiger charge is 2.30. The van der Waals surface area contributed by atoms with E-state index in [1.165, 1.54) is 0 Å². The highest BCUT2D eigenvalue weighted by molar-refractivity contribution is 5.48. The molecule has 0 spiro atoms. The zero-order valence-corrected chi connectivity index (χ0v) is 16.3. The summed E-state index contributed by atoms with van der Waals surface area (Å²) in [5, 5.41) is 7.42. The number of anilines is 1. The summed E-state index contributed by atoms with van der Waals surface area (Å²) < 4.78 is 43.3. The van der Waals surface area contributed by atoms with Gasteiger partial charge in [-0.25, -0.2) is 0 Å². The summed E-state index contributed by atoms with van der Waals surface area (Å²) in [7, 11) is 0. The largest absolute Gasteiger partial charge is 0.416 e. The van der Waals surface area contributed by atoms with Crippen molar-refractivity contribution in [2.75, 3.05) is 44.2 Å². The number of aromatic nitrogens is 1. The first kappa shape index (κ1) is 20.7. The first-order chi connectivity index (χ1) is 13.3. The number of piperazine rings is 1. The predicted molar refractivity (Wildman–Crippen MR) is 102 cm³/mol. The van der Waals surface area contributed by atoms with Crippen LogP contribution in [0.2, 0.25) is 0 Å². The highest BCUT2D eigenvalue weighted by atomic mass is 19.4. The lowest BCUT2D eigenvalue weighted by Gasteiger charge is -2.36. The molecule has 0 radical (unpaired) electrons. The molecular formula is C20H27F3N4O. The molecule has 1 fully saturated rings. The van der Waals surface area contributed by atoms with E-state index >= 15 is 0 Å². The fraction of sp³-hybridized carbons (Fsp3) is 0.550. The average Bonchev–Trinajstić information content (AvgIpc) is 3.15. The summed E-state index contributed by atoms with van der Waals surface area (Å²) >= 11 is 0. The highest BCUT2D eigenvalue weighted by Crippen LogP contribution is 2.30. The second-order valence-electron chi connectivity index (χ2n) is 7.42. The molecule has 0 amide bonds. The minimum absolute atomic E-state index is 0.360. The van der Waals surface area contributed by atoms with Gasteiger partial charge in [-0.1, -0.05) is 19.0 Å². The molecule has 2 heterocycles. The van der Waals surface area contributed by atoms with E-state index in [0.717, 1.165) is 68.5 Å². The van der Waals surface area contributed by atoms with E-state index in [9.17, 15) is 13.2 Å². The Morgan fingerprint density at radius 1 is 1.11 bits per heavy atom. The van der Waals surface area contributed by atoms with Gasteiger partial charge in [0.2, 0.25) is 0 Å². The molecule has 0 saturated carbocycles. The predicted octanol–water partition coefficient (Wildman–Crippen LogP) is 3.73. The van der Waals surface area contributed by atoms with E-state index in [0.29, 0.717) is 12.5 Å². The van der Waals surface area contributed by atoms with Gasteiger partial charge < -0.3 is 14.7 Å². The lowest BCUT2D eigenvalue weighted by molar-refractivity contribution is -0.137.